The van der Waals surface area contributed by atoms with Crippen molar-refractivity contribution in [3.8, 4) is 5.82 Å². The Morgan fingerprint density at radius 1 is 1.50 bits per heavy atom. The highest BCUT2D eigenvalue weighted by molar-refractivity contribution is 5.85. The summed E-state index contributed by atoms with van der Waals surface area (Å²) in [4.78, 5) is 18.1. The quantitative estimate of drug-likeness (QED) is 0.832. The van der Waals surface area contributed by atoms with Crippen molar-refractivity contribution >= 4 is 5.97 Å². The van der Waals surface area contributed by atoms with E-state index in [9.17, 15) is 9.18 Å². The Morgan fingerprint density at radius 3 is 2.88 bits per heavy atom. The lowest BCUT2D eigenvalue weighted by atomic mass is 10.3. The van der Waals surface area contributed by atoms with Crippen LogP contribution in [0.3, 0.4) is 0 Å². The number of carbonyl (C=O) groups is 1. The van der Waals surface area contributed by atoms with Gasteiger partial charge in [-0.1, -0.05) is 0 Å². The molecular weight excluding hydrogens is 213 g/mol. The highest BCUT2D eigenvalue weighted by atomic mass is 19.1. The highest BCUT2D eigenvalue weighted by Crippen LogP contribution is 2.13. The van der Waals surface area contributed by atoms with Crippen molar-refractivity contribution in [2.75, 3.05) is 0 Å². The molecule has 0 saturated carbocycles. The zero-order chi connectivity index (χ0) is 11.7. The maximum atomic E-state index is 13.6. The Hall–Kier alpha value is -2.24. The SMILES string of the molecule is Cc1ccnc(-n2cnc(C(=O)O)c2)c1F. The lowest BCUT2D eigenvalue weighted by molar-refractivity contribution is 0.0691. The third kappa shape index (κ3) is 1.65. The number of aromatic nitrogens is 3. The minimum Gasteiger partial charge on any atom is -0.476 e. The van der Waals surface area contributed by atoms with Crippen LogP contribution in [0.25, 0.3) is 5.82 Å². The fourth-order valence-electron chi connectivity index (χ4n) is 1.25. The summed E-state index contributed by atoms with van der Waals surface area (Å²) in [6.45, 7) is 1.61. The van der Waals surface area contributed by atoms with Crippen molar-refractivity contribution in [3.63, 3.8) is 0 Å². The monoisotopic (exact) mass is 221 g/mol. The van der Waals surface area contributed by atoms with Crippen LogP contribution in [-0.2, 0) is 0 Å². The van der Waals surface area contributed by atoms with Gasteiger partial charge in [0.15, 0.2) is 17.3 Å². The van der Waals surface area contributed by atoms with Crippen molar-refractivity contribution < 1.29 is 14.3 Å². The molecule has 0 atom stereocenters. The maximum absolute atomic E-state index is 13.6. The zero-order valence-corrected chi connectivity index (χ0v) is 8.38. The minimum absolute atomic E-state index is 0.0417. The van der Waals surface area contributed by atoms with Gasteiger partial charge in [-0.2, -0.15) is 0 Å². The van der Waals surface area contributed by atoms with Gasteiger partial charge in [0.05, 0.1) is 0 Å². The summed E-state index contributed by atoms with van der Waals surface area (Å²) in [6, 6.07) is 1.54. The van der Waals surface area contributed by atoms with E-state index in [1.807, 2.05) is 0 Å². The molecule has 0 aliphatic carbocycles. The second-order valence-electron chi connectivity index (χ2n) is 3.24. The molecule has 6 heteroatoms. The third-order valence-corrected chi connectivity index (χ3v) is 2.11. The minimum atomic E-state index is -1.16. The van der Waals surface area contributed by atoms with Crippen molar-refractivity contribution in [3.05, 3.63) is 41.9 Å². The Kier molecular flexibility index (Phi) is 2.40. The molecule has 0 aliphatic rings. The van der Waals surface area contributed by atoms with Gasteiger partial charge in [0.1, 0.15) is 6.33 Å². The molecule has 2 aromatic heterocycles. The van der Waals surface area contributed by atoms with Gasteiger partial charge in [-0.05, 0) is 18.6 Å². The second-order valence-corrected chi connectivity index (χ2v) is 3.24. The summed E-state index contributed by atoms with van der Waals surface area (Å²) in [6.07, 6.45) is 3.88. The average Bonchev–Trinajstić information content (AvgIpc) is 2.71. The number of pyridine rings is 1. The van der Waals surface area contributed by atoms with Gasteiger partial charge in [-0.15, -0.1) is 0 Å². The predicted molar refractivity (Wildman–Crippen MR) is 53.0 cm³/mol. The summed E-state index contributed by atoms with van der Waals surface area (Å²) in [7, 11) is 0. The molecule has 0 saturated heterocycles. The Labute approximate surface area is 90.2 Å². The number of halogens is 1. The van der Waals surface area contributed by atoms with E-state index in [0.29, 0.717) is 5.56 Å². The molecular formula is C10H8FN3O2. The molecule has 0 fully saturated rings. The van der Waals surface area contributed by atoms with Crippen molar-refractivity contribution in [2.24, 2.45) is 0 Å². The molecule has 0 amide bonds. The molecule has 5 nitrogen and oxygen atoms in total. The van der Waals surface area contributed by atoms with Gasteiger partial charge < -0.3 is 5.11 Å². The van der Waals surface area contributed by atoms with Crippen molar-refractivity contribution in [2.45, 2.75) is 6.92 Å². The fourth-order valence-corrected chi connectivity index (χ4v) is 1.25. The summed E-state index contributed by atoms with van der Waals surface area (Å²) in [5, 5.41) is 8.68. The molecule has 1 N–H and O–H groups in total. The number of hydrogen-bond acceptors (Lipinski definition) is 3. The van der Waals surface area contributed by atoms with Gasteiger partial charge in [0.2, 0.25) is 0 Å². The van der Waals surface area contributed by atoms with Crippen molar-refractivity contribution in [1.29, 1.82) is 0 Å². The van der Waals surface area contributed by atoms with Crippen LogP contribution < -0.4 is 0 Å². The van der Waals surface area contributed by atoms with E-state index in [0.717, 1.165) is 0 Å². The van der Waals surface area contributed by atoms with Crippen LogP contribution in [0, 0.1) is 12.7 Å². The van der Waals surface area contributed by atoms with Gasteiger partial charge in [-0.25, -0.2) is 19.2 Å². The van der Waals surface area contributed by atoms with Crippen LogP contribution >= 0.6 is 0 Å². The normalized spacial score (nSPS) is 10.4. The van der Waals surface area contributed by atoms with Crippen LogP contribution in [-0.4, -0.2) is 25.6 Å². The molecule has 0 unspecified atom stereocenters. The zero-order valence-electron chi connectivity index (χ0n) is 8.38. The van der Waals surface area contributed by atoms with Gasteiger partial charge in [0.25, 0.3) is 0 Å². The van der Waals surface area contributed by atoms with Gasteiger partial charge in [-0.3, -0.25) is 4.57 Å². The smallest absolute Gasteiger partial charge is 0.356 e. The van der Waals surface area contributed by atoms with Gasteiger partial charge in [0, 0.05) is 12.4 Å². The van der Waals surface area contributed by atoms with E-state index >= 15 is 0 Å². The van der Waals surface area contributed by atoms with Crippen LogP contribution in [0.4, 0.5) is 4.39 Å². The summed E-state index contributed by atoms with van der Waals surface area (Å²) in [5.74, 6) is -1.61. The van der Waals surface area contributed by atoms with E-state index in [1.54, 1.807) is 6.92 Å². The van der Waals surface area contributed by atoms with Crippen LogP contribution in [0.15, 0.2) is 24.8 Å². The lowest BCUT2D eigenvalue weighted by Gasteiger charge is -2.03. The first kappa shape index (κ1) is 10.3. The van der Waals surface area contributed by atoms with Crippen LogP contribution in [0.1, 0.15) is 16.1 Å². The Bertz CT molecular complexity index is 551. The predicted octanol–water partition coefficient (Wildman–Crippen LogP) is 1.41. The van der Waals surface area contributed by atoms with E-state index in [-0.39, 0.29) is 11.5 Å². The van der Waals surface area contributed by atoms with E-state index < -0.39 is 11.8 Å². The first-order valence-electron chi connectivity index (χ1n) is 4.48. The maximum Gasteiger partial charge on any atom is 0.356 e. The summed E-state index contributed by atoms with van der Waals surface area (Å²) in [5.41, 5.74) is 0.290. The number of aromatic carboxylic acids is 1. The van der Waals surface area contributed by atoms with E-state index in [1.165, 1.54) is 29.4 Å². The molecule has 0 bridgehead atoms. The van der Waals surface area contributed by atoms with Crippen molar-refractivity contribution in [1.82, 2.24) is 14.5 Å². The molecule has 2 heterocycles. The first-order chi connectivity index (χ1) is 7.59. The highest BCUT2D eigenvalue weighted by Gasteiger charge is 2.12. The largest absolute Gasteiger partial charge is 0.476 e. The number of carboxylic acid groups (broad SMARTS) is 1. The van der Waals surface area contributed by atoms with E-state index in [2.05, 4.69) is 9.97 Å². The molecule has 0 aromatic carbocycles. The average molecular weight is 221 g/mol. The molecule has 16 heavy (non-hydrogen) atoms. The lowest BCUT2D eigenvalue weighted by Crippen LogP contribution is -2.01. The molecule has 2 aromatic rings. The van der Waals surface area contributed by atoms with E-state index in [4.69, 9.17) is 5.11 Å². The first-order valence-corrected chi connectivity index (χ1v) is 4.48. The summed E-state index contributed by atoms with van der Waals surface area (Å²) >= 11 is 0. The number of hydrogen-bond donors (Lipinski definition) is 1. The molecule has 0 radical (unpaired) electrons. The van der Waals surface area contributed by atoms with Crippen LogP contribution in [0.2, 0.25) is 0 Å². The fraction of sp³-hybridized carbons (Fsp3) is 0.100. The summed E-state index contributed by atoms with van der Waals surface area (Å²) < 4.78 is 14.9. The molecule has 0 aliphatic heterocycles. The second kappa shape index (κ2) is 3.73. The number of rotatable bonds is 2. The standard InChI is InChI=1S/C10H8FN3O2/c1-6-2-3-12-9(8(6)11)14-4-7(10(15)16)13-5-14/h2-5H,1H3,(H,15,16). The molecule has 2 rings (SSSR count). The third-order valence-electron chi connectivity index (χ3n) is 2.11. The molecule has 0 spiro atoms. The number of nitrogens with zero attached hydrogens (tertiary/aromatic N) is 3. The Balaban J connectivity index is 2.50. The Morgan fingerprint density at radius 2 is 2.25 bits per heavy atom. The number of carboxylic acids is 1. The number of imidazole rings is 1. The van der Waals surface area contributed by atoms with Gasteiger partial charge >= 0.3 is 5.97 Å². The number of aryl methyl sites for hydroxylation is 1. The topological polar surface area (TPSA) is 68.0 Å². The van der Waals surface area contributed by atoms with Crippen LogP contribution in [0.5, 0.6) is 0 Å². The molecule has 82 valence electrons.